The minimum absolute atomic E-state index is 0.0263. The topological polar surface area (TPSA) is 49.4 Å². The van der Waals surface area contributed by atoms with E-state index in [4.69, 9.17) is 11.6 Å². The van der Waals surface area contributed by atoms with Crippen molar-refractivity contribution in [2.45, 2.75) is 19.4 Å². The number of carbonyl (C=O) groups excluding carboxylic acids is 2. The van der Waals surface area contributed by atoms with E-state index >= 15 is 0 Å². The van der Waals surface area contributed by atoms with Crippen molar-refractivity contribution in [1.82, 2.24) is 4.90 Å². The fourth-order valence-corrected chi connectivity index (χ4v) is 3.09. The first kappa shape index (κ1) is 15.6. The Bertz CT molecular complexity index is 746. The van der Waals surface area contributed by atoms with E-state index in [1.807, 2.05) is 36.4 Å². The number of anilines is 1. The maximum Gasteiger partial charge on any atom is 0.244 e. The standard InChI is InChI=1S/C18H17ClN2O2/c1-2-17(23)21-11-16(22)20-15-9-8-13(19)10-14(15)18(21)12-6-4-3-5-7-12/h3-10,18H,2,11H2,1H3,(H,20,22). The zero-order chi connectivity index (χ0) is 16.4. The Balaban J connectivity index is 2.21. The van der Waals surface area contributed by atoms with Crippen LogP contribution < -0.4 is 5.32 Å². The molecule has 1 aliphatic heterocycles. The molecule has 118 valence electrons. The molecule has 1 N–H and O–H groups in total. The number of fused-ring (bicyclic) bond motifs is 1. The SMILES string of the molecule is CCC(=O)N1CC(=O)Nc2ccc(Cl)cc2C1c1ccccc1. The molecule has 5 heteroatoms. The Morgan fingerprint density at radius 1 is 1.26 bits per heavy atom. The van der Waals surface area contributed by atoms with Crippen LogP contribution in [0.5, 0.6) is 0 Å². The van der Waals surface area contributed by atoms with Crippen LogP contribution in [0.25, 0.3) is 0 Å². The highest BCUT2D eigenvalue weighted by atomic mass is 35.5. The maximum atomic E-state index is 12.5. The monoisotopic (exact) mass is 328 g/mol. The number of nitrogens with one attached hydrogen (secondary N) is 1. The summed E-state index contributed by atoms with van der Waals surface area (Å²) in [6, 6.07) is 14.7. The predicted molar refractivity (Wildman–Crippen MR) is 90.4 cm³/mol. The van der Waals surface area contributed by atoms with Crippen LogP contribution in [-0.2, 0) is 9.59 Å². The van der Waals surface area contributed by atoms with Gasteiger partial charge in [-0.15, -0.1) is 0 Å². The molecule has 1 unspecified atom stereocenters. The van der Waals surface area contributed by atoms with Crippen molar-refractivity contribution in [3.63, 3.8) is 0 Å². The Labute approximate surface area is 140 Å². The third-order valence-corrected chi connectivity index (χ3v) is 4.18. The van der Waals surface area contributed by atoms with Crippen LogP contribution in [0, 0.1) is 0 Å². The van der Waals surface area contributed by atoms with E-state index in [-0.39, 0.29) is 24.4 Å². The molecule has 2 aromatic carbocycles. The second kappa shape index (κ2) is 6.42. The van der Waals surface area contributed by atoms with E-state index in [1.54, 1.807) is 24.0 Å². The predicted octanol–water partition coefficient (Wildman–Crippen LogP) is 3.62. The van der Waals surface area contributed by atoms with Gasteiger partial charge in [0.05, 0.1) is 6.04 Å². The average molecular weight is 329 g/mol. The van der Waals surface area contributed by atoms with E-state index in [2.05, 4.69) is 5.32 Å². The molecule has 0 bridgehead atoms. The van der Waals surface area contributed by atoms with Crippen molar-refractivity contribution in [3.05, 3.63) is 64.7 Å². The highest BCUT2D eigenvalue weighted by Gasteiger charge is 2.32. The fraction of sp³-hybridized carbons (Fsp3) is 0.222. The molecule has 2 amide bonds. The Hall–Kier alpha value is -2.33. The number of hydrogen-bond acceptors (Lipinski definition) is 2. The zero-order valence-electron chi connectivity index (χ0n) is 12.8. The lowest BCUT2D eigenvalue weighted by Gasteiger charge is -2.30. The van der Waals surface area contributed by atoms with Gasteiger partial charge in [-0.05, 0) is 23.8 Å². The van der Waals surface area contributed by atoms with Crippen molar-refractivity contribution >= 4 is 29.1 Å². The summed E-state index contributed by atoms with van der Waals surface area (Å²) in [7, 11) is 0. The molecule has 1 aliphatic rings. The summed E-state index contributed by atoms with van der Waals surface area (Å²) in [4.78, 5) is 26.3. The number of amides is 2. The fourth-order valence-electron chi connectivity index (χ4n) is 2.91. The minimum atomic E-state index is -0.337. The lowest BCUT2D eigenvalue weighted by Crippen LogP contribution is -2.38. The van der Waals surface area contributed by atoms with Crippen molar-refractivity contribution in [1.29, 1.82) is 0 Å². The molecule has 0 fully saturated rings. The van der Waals surface area contributed by atoms with Gasteiger partial charge in [0.25, 0.3) is 0 Å². The van der Waals surface area contributed by atoms with Crippen molar-refractivity contribution < 1.29 is 9.59 Å². The van der Waals surface area contributed by atoms with Gasteiger partial charge in [0.1, 0.15) is 6.54 Å². The van der Waals surface area contributed by atoms with Crippen LogP contribution in [0.1, 0.15) is 30.5 Å². The molecular weight excluding hydrogens is 312 g/mol. The van der Waals surface area contributed by atoms with E-state index in [0.29, 0.717) is 17.1 Å². The smallest absolute Gasteiger partial charge is 0.244 e. The van der Waals surface area contributed by atoms with Crippen LogP contribution in [0.3, 0.4) is 0 Å². The normalized spacial score (nSPS) is 17.2. The molecule has 0 saturated carbocycles. The quantitative estimate of drug-likeness (QED) is 0.915. The van der Waals surface area contributed by atoms with E-state index in [0.717, 1.165) is 11.1 Å². The van der Waals surface area contributed by atoms with Gasteiger partial charge in [-0.1, -0.05) is 48.9 Å². The second-order valence-corrected chi connectivity index (χ2v) is 5.90. The third-order valence-electron chi connectivity index (χ3n) is 3.95. The van der Waals surface area contributed by atoms with Crippen LogP contribution in [0.2, 0.25) is 5.02 Å². The minimum Gasteiger partial charge on any atom is -0.324 e. The molecule has 0 saturated heterocycles. The van der Waals surface area contributed by atoms with E-state index < -0.39 is 0 Å². The number of nitrogens with zero attached hydrogens (tertiary/aromatic N) is 1. The zero-order valence-corrected chi connectivity index (χ0v) is 13.5. The first-order valence-electron chi connectivity index (χ1n) is 7.54. The molecule has 23 heavy (non-hydrogen) atoms. The van der Waals surface area contributed by atoms with Gasteiger partial charge in [-0.3, -0.25) is 9.59 Å². The number of benzene rings is 2. The summed E-state index contributed by atoms with van der Waals surface area (Å²) >= 11 is 6.16. The molecule has 0 spiro atoms. The summed E-state index contributed by atoms with van der Waals surface area (Å²) in [5.41, 5.74) is 2.48. The summed E-state index contributed by atoms with van der Waals surface area (Å²) in [6.07, 6.45) is 0.340. The van der Waals surface area contributed by atoms with Crippen LogP contribution >= 0.6 is 11.6 Å². The largest absolute Gasteiger partial charge is 0.324 e. The molecule has 1 atom stereocenters. The summed E-state index contributed by atoms with van der Waals surface area (Å²) in [6.45, 7) is 1.82. The maximum absolute atomic E-state index is 12.5. The van der Waals surface area contributed by atoms with Crippen LogP contribution in [0.4, 0.5) is 5.69 Å². The van der Waals surface area contributed by atoms with Crippen molar-refractivity contribution in [3.8, 4) is 0 Å². The van der Waals surface area contributed by atoms with Gasteiger partial charge in [0, 0.05) is 22.7 Å². The van der Waals surface area contributed by atoms with E-state index in [1.165, 1.54) is 0 Å². The first-order chi connectivity index (χ1) is 11.1. The van der Waals surface area contributed by atoms with Crippen molar-refractivity contribution in [2.24, 2.45) is 0 Å². The van der Waals surface area contributed by atoms with Gasteiger partial charge >= 0.3 is 0 Å². The first-order valence-corrected chi connectivity index (χ1v) is 7.91. The molecule has 0 radical (unpaired) electrons. The van der Waals surface area contributed by atoms with Gasteiger partial charge < -0.3 is 10.2 Å². The molecule has 4 nitrogen and oxygen atoms in total. The Morgan fingerprint density at radius 3 is 2.70 bits per heavy atom. The lowest BCUT2D eigenvalue weighted by atomic mass is 9.95. The van der Waals surface area contributed by atoms with Gasteiger partial charge in [-0.25, -0.2) is 0 Å². The molecule has 2 aromatic rings. The number of halogens is 1. The molecular formula is C18H17ClN2O2. The Kier molecular flexibility index (Phi) is 4.35. The number of hydrogen-bond donors (Lipinski definition) is 1. The molecule has 0 aromatic heterocycles. The van der Waals surface area contributed by atoms with Gasteiger partial charge in [0.15, 0.2) is 0 Å². The number of rotatable bonds is 2. The third kappa shape index (κ3) is 3.08. The summed E-state index contributed by atoms with van der Waals surface area (Å²) in [5, 5.41) is 3.44. The lowest BCUT2D eigenvalue weighted by molar-refractivity contribution is -0.135. The van der Waals surface area contributed by atoms with Crippen molar-refractivity contribution in [2.75, 3.05) is 11.9 Å². The highest BCUT2D eigenvalue weighted by molar-refractivity contribution is 6.30. The molecule has 1 heterocycles. The van der Waals surface area contributed by atoms with Crippen LogP contribution in [0.15, 0.2) is 48.5 Å². The highest BCUT2D eigenvalue weighted by Crippen LogP contribution is 2.37. The molecule has 0 aliphatic carbocycles. The number of carbonyl (C=O) groups is 2. The average Bonchev–Trinajstić information content (AvgIpc) is 2.70. The second-order valence-electron chi connectivity index (χ2n) is 5.47. The van der Waals surface area contributed by atoms with Gasteiger partial charge in [-0.2, -0.15) is 0 Å². The summed E-state index contributed by atoms with van der Waals surface area (Å²) < 4.78 is 0. The molecule has 3 rings (SSSR count). The van der Waals surface area contributed by atoms with Gasteiger partial charge in [0.2, 0.25) is 11.8 Å². The van der Waals surface area contributed by atoms with E-state index in [9.17, 15) is 9.59 Å². The Morgan fingerprint density at radius 2 is 2.00 bits per heavy atom. The van der Waals surface area contributed by atoms with Crippen LogP contribution in [-0.4, -0.2) is 23.3 Å². The summed E-state index contributed by atoms with van der Waals surface area (Å²) in [5.74, 6) is -0.268.